The van der Waals surface area contributed by atoms with Crippen molar-refractivity contribution in [3.8, 4) is 0 Å². The van der Waals surface area contributed by atoms with Crippen LogP contribution in [0, 0.1) is 6.92 Å². The zero-order chi connectivity index (χ0) is 11.4. The van der Waals surface area contributed by atoms with Gasteiger partial charge in [-0.1, -0.05) is 18.2 Å². The normalized spacial score (nSPS) is 10.9. The Morgan fingerprint density at radius 3 is 2.81 bits per heavy atom. The van der Waals surface area contributed by atoms with Gasteiger partial charge in [0.15, 0.2) is 0 Å². The lowest BCUT2D eigenvalue weighted by Gasteiger charge is -2.05. The molecule has 0 saturated carbocycles. The zero-order valence-corrected chi connectivity index (χ0v) is 10.3. The molecule has 0 saturated heterocycles. The topological polar surface area (TPSA) is 12.9 Å². The van der Waals surface area contributed by atoms with Gasteiger partial charge in [-0.3, -0.25) is 4.98 Å². The van der Waals surface area contributed by atoms with Gasteiger partial charge in [-0.2, -0.15) is 0 Å². The van der Waals surface area contributed by atoms with Gasteiger partial charge in [0.25, 0.3) is 0 Å². The molecule has 2 heteroatoms. The second kappa shape index (κ2) is 5.31. The molecule has 0 aliphatic carbocycles. The van der Waals surface area contributed by atoms with Crippen molar-refractivity contribution in [2.75, 3.05) is 5.88 Å². The fourth-order valence-electron chi connectivity index (χ4n) is 1.95. The minimum absolute atomic E-state index is 0.743. The molecular weight excluding hydrogens is 218 g/mol. The molecule has 1 heterocycles. The average Bonchev–Trinajstić information content (AvgIpc) is 2.30. The van der Waals surface area contributed by atoms with Crippen molar-refractivity contribution in [2.24, 2.45) is 0 Å². The van der Waals surface area contributed by atoms with Crippen molar-refractivity contribution >= 4 is 22.5 Å². The van der Waals surface area contributed by atoms with Gasteiger partial charge in [0, 0.05) is 17.0 Å². The van der Waals surface area contributed by atoms with Gasteiger partial charge in [-0.15, -0.1) is 11.6 Å². The molecule has 0 unspecified atom stereocenters. The molecule has 84 valence electrons. The summed E-state index contributed by atoms with van der Waals surface area (Å²) < 4.78 is 0. The summed E-state index contributed by atoms with van der Waals surface area (Å²) in [6, 6.07) is 10.5. The van der Waals surface area contributed by atoms with Crippen LogP contribution in [-0.4, -0.2) is 10.9 Å². The van der Waals surface area contributed by atoms with E-state index in [1.165, 1.54) is 16.6 Å². The van der Waals surface area contributed by atoms with Gasteiger partial charge in [-0.05, 0) is 43.9 Å². The molecule has 0 bridgehead atoms. The number of alkyl halides is 1. The Morgan fingerprint density at radius 1 is 1.19 bits per heavy atom. The van der Waals surface area contributed by atoms with Gasteiger partial charge in [0.1, 0.15) is 0 Å². The molecule has 1 aromatic carbocycles. The Labute approximate surface area is 101 Å². The van der Waals surface area contributed by atoms with Crippen molar-refractivity contribution in [1.82, 2.24) is 4.98 Å². The minimum atomic E-state index is 0.743. The predicted octanol–water partition coefficient (Wildman–Crippen LogP) is 4.10. The van der Waals surface area contributed by atoms with Crippen molar-refractivity contribution in [2.45, 2.75) is 26.2 Å². The van der Waals surface area contributed by atoms with Gasteiger partial charge in [-0.25, -0.2) is 0 Å². The third-order valence-corrected chi connectivity index (χ3v) is 3.06. The molecule has 16 heavy (non-hydrogen) atoms. The molecule has 2 rings (SSSR count). The van der Waals surface area contributed by atoms with Crippen molar-refractivity contribution < 1.29 is 0 Å². The van der Waals surface area contributed by atoms with Gasteiger partial charge in [0.2, 0.25) is 0 Å². The highest BCUT2D eigenvalue weighted by Crippen LogP contribution is 2.18. The minimum Gasteiger partial charge on any atom is -0.253 e. The number of para-hydroxylation sites is 1. The van der Waals surface area contributed by atoms with Crippen LogP contribution in [0.15, 0.2) is 30.3 Å². The first-order chi connectivity index (χ1) is 7.81. The smallest absolute Gasteiger partial charge is 0.0707 e. The summed E-state index contributed by atoms with van der Waals surface area (Å²) in [6.07, 6.45) is 3.21. The van der Waals surface area contributed by atoms with E-state index in [1.807, 2.05) is 6.07 Å². The van der Waals surface area contributed by atoms with E-state index >= 15 is 0 Å². The number of pyridine rings is 1. The van der Waals surface area contributed by atoms with E-state index in [4.69, 9.17) is 11.6 Å². The Kier molecular flexibility index (Phi) is 3.79. The average molecular weight is 234 g/mol. The molecule has 2 aromatic rings. The van der Waals surface area contributed by atoms with Gasteiger partial charge >= 0.3 is 0 Å². The first-order valence-electron chi connectivity index (χ1n) is 5.72. The number of halogens is 1. The molecule has 0 spiro atoms. The van der Waals surface area contributed by atoms with Crippen LogP contribution in [0.1, 0.15) is 24.1 Å². The molecular formula is C14H16ClN. The second-order valence-corrected chi connectivity index (χ2v) is 4.47. The summed E-state index contributed by atoms with van der Waals surface area (Å²) in [7, 11) is 0. The Balaban J connectivity index is 2.27. The van der Waals surface area contributed by atoms with E-state index in [0.717, 1.165) is 30.7 Å². The highest BCUT2D eigenvalue weighted by Gasteiger charge is 2.01. The molecule has 0 radical (unpaired) electrons. The lowest BCUT2D eigenvalue weighted by atomic mass is 10.1. The molecule has 0 fully saturated rings. The van der Waals surface area contributed by atoms with Crippen LogP contribution in [0.4, 0.5) is 0 Å². The van der Waals surface area contributed by atoms with E-state index in [0.29, 0.717) is 0 Å². The third-order valence-electron chi connectivity index (χ3n) is 2.79. The number of aromatic nitrogens is 1. The van der Waals surface area contributed by atoms with Crippen LogP contribution in [0.2, 0.25) is 0 Å². The lowest BCUT2D eigenvalue weighted by Crippen LogP contribution is -1.93. The predicted molar refractivity (Wildman–Crippen MR) is 70.1 cm³/mol. The van der Waals surface area contributed by atoms with E-state index < -0.39 is 0 Å². The summed E-state index contributed by atoms with van der Waals surface area (Å²) in [5.74, 6) is 0.743. The molecule has 0 aliphatic heterocycles. The monoisotopic (exact) mass is 233 g/mol. The van der Waals surface area contributed by atoms with E-state index in [9.17, 15) is 0 Å². The first-order valence-corrected chi connectivity index (χ1v) is 6.26. The first kappa shape index (κ1) is 11.4. The fourth-order valence-corrected chi connectivity index (χ4v) is 2.14. The van der Waals surface area contributed by atoms with Crippen LogP contribution in [0.25, 0.3) is 10.9 Å². The Morgan fingerprint density at radius 2 is 2.00 bits per heavy atom. The van der Waals surface area contributed by atoms with Gasteiger partial charge < -0.3 is 0 Å². The standard InChI is InChI=1S/C14H16ClN/c1-11-10-12(6-4-5-9-15)16-14-8-3-2-7-13(11)14/h2-3,7-8,10H,4-6,9H2,1H3. The van der Waals surface area contributed by atoms with Crippen LogP contribution in [0.3, 0.4) is 0 Å². The number of hydrogen-bond donors (Lipinski definition) is 0. The SMILES string of the molecule is Cc1cc(CCCCCl)nc2ccccc12. The number of benzene rings is 1. The Hall–Kier alpha value is -1.08. The molecule has 0 amide bonds. The quantitative estimate of drug-likeness (QED) is 0.572. The molecule has 0 atom stereocenters. The highest BCUT2D eigenvalue weighted by molar-refractivity contribution is 6.17. The number of fused-ring (bicyclic) bond motifs is 1. The van der Waals surface area contributed by atoms with E-state index in [-0.39, 0.29) is 0 Å². The largest absolute Gasteiger partial charge is 0.253 e. The summed E-state index contributed by atoms with van der Waals surface area (Å²) in [5.41, 5.74) is 3.59. The highest BCUT2D eigenvalue weighted by atomic mass is 35.5. The summed E-state index contributed by atoms with van der Waals surface area (Å²) in [5, 5.41) is 1.25. The summed E-state index contributed by atoms with van der Waals surface area (Å²) in [6.45, 7) is 2.15. The van der Waals surface area contributed by atoms with Crippen LogP contribution >= 0.6 is 11.6 Å². The maximum absolute atomic E-state index is 5.67. The van der Waals surface area contributed by atoms with Crippen molar-refractivity contribution in [3.63, 3.8) is 0 Å². The molecule has 0 N–H and O–H groups in total. The van der Waals surface area contributed by atoms with Crippen LogP contribution in [-0.2, 0) is 6.42 Å². The van der Waals surface area contributed by atoms with Crippen LogP contribution in [0.5, 0.6) is 0 Å². The van der Waals surface area contributed by atoms with Crippen LogP contribution < -0.4 is 0 Å². The lowest BCUT2D eigenvalue weighted by molar-refractivity contribution is 0.783. The Bertz CT molecular complexity index is 479. The molecule has 1 aromatic heterocycles. The summed E-state index contributed by atoms with van der Waals surface area (Å²) in [4.78, 5) is 4.66. The van der Waals surface area contributed by atoms with Gasteiger partial charge in [0.05, 0.1) is 5.52 Å². The molecule has 0 aliphatic rings. The number of aryl methyl sites for hydroxylation is 2. The maximum atomic E-state index is 5.67. The number of rotatable bonds is 4. The molecule has 1 nitrogen and oxygen atoms in total. The number of unbranched alkanes of at least 4 members (excludes halogenated alkanes) is 1. The van der Waals surface area contributed by atoms with E-state index in [1.54, 1.807) is 0 Å². The van der Waals surface area contributed by atoms with Crippen molar-refractivity contribution in [1.29, 1.82) is 0 Å². The fraction of sp³-hybridized carbons (Fsp3) is 0.357. The third kappa shape index (κ3) is 2.53. The maximum Gasteiger partial charge on any atom is 0.0707 e. The number of hydrogen-bond acceptors (Lipinski definition) is 1. The number of nitrogens with zero attached hydrogens (tertiary/aromatic N) is 1. The van der Waals surface area contributed by atoms with E-state index in [2.05, 4.69) is 36.2 Å². The second-order valence-electron chi connectivity index (χ2n) is 4.09. The van der Waals surface area contributed by atoms with Crippen molar-refractivity contribution in [3.05, 3.63) is 41.6 Å². The zero-order valence-electron chi connectivity index (χ0n) is 9.54. The summed E-state index contributed by atoms with van der Waals surface area (Å²) >= 11 is 5.67.